The number of amides is 1. The van der Waals surface area contributed by atoms with Crippen molar-refractivity contribution in [2.45, 2.75) is 5.88 Å². The third-order valence-corrected chi connectivity index (χ3v) is 3.72. The second-order valence-corrected chi connectivity index (χ2v) is 5.11. The minimum Gasteiger partial charge on any atom is -0.459 e. The molecule has 0 radical (unpaired) electrons. The Hall–Kier alpha value is -1.73. The molecule has 1 heterocycles. The first-order valence-corrected chi connectivity index (χ1v) is 6.98. The first kappa shape index (κ1) is 14.7. The molecule has 2 aromatic rings. The van der Waals surface area contributed by atoms with Crippen LogP contribution in [-0.4, -0.2) is 29.8 Å². The van der Waals surface area contributed by atoms with Crippen molar-refractivity contribution < 1.29 is 13.9 Å². The summed E-state index contributed by atoms with van der Waals surface area (Å²) in [4.78, 5) is 13.3. The van der Waals surface area contributed by atoms with Gasteiger partial charge in [0.25, 0.3) is 11.1 Å². The van der Waals surface area contributed by atoms with Crippen molar-refractivity contribution in [2.75, 3.05) is 18.6 Å². The van der Waals surface area contributed by atoms with E-state index in [1.807, 2.05) is 0 Å². The van der Waals surface area contributed by atoms with Gasteiger partial charge in [0.2, 0.25) is 0 Å². The second kappa shape index (κ2) is 6.62. The molecule has 0 aliphatic carbocycles. The zero-order valence-corrected chi connectivity index (χ0v) is 12.1. The van der Waals surface area contributed by atoms with Gasteiger partial charge in [-0.1, -0.05) is 16.4 Å². The lowest BCUT2D eigenvalue weighted by Gasteiger charge is -2.16. The highest BCUT2D eigenvalue weighted by Gasteiger charge is 2.13. The first-order valence-electron chi connectivity index (χ1n) is 5.63. The number of likely N-dealkylation sites (N-methyl/N-ethyl adjacent to an activating group) is 1. The van der Waals surface area contributed by atoms with Crippen LogP contribution in [0.15, 0.2) is 24.3 Å². The number of aromatic nitrogens is 2. The Balaban J connectivity index is 1.92. The number of hydrogen-bond acceptors (Lipinski definition) is 5. The van der Waals surface area contributed by atoms with Crippen molar-refractivity contribution in [3.63, 3.8) is 0 Å². The predicted molar refractivity (Wildman–Crippen MR) is 74.8 cm³/mol. The molecule has 0 aliphatic heterocycles. The number of carbonyl (C=O) groups is 1. The Morgan fingerprint density at radius 1 is 1.40 bits per heavy atom. The highest BCUT2D eigenvalue weighted by Crippen LogP contribution is 2.19. The summed E-state index contributed by atoms with van der Waals surface area (Å²) in [6.45, 7) is -0.176. The van der Waals surface area contributed by atoms with Gasteiger partial charge in [-0.3, -0.25) is 4.79 Å². The van der Waals surface area contributed by atoms with Gasteiger partial charge in [-0.15, -0.1) is 16.7 Å². The summed E-state index contributed by atoms with van der Waals surface area (Å²) in [6.07, 6.45) is 0. The fourth-order valence-corrected chi connectivity index (χ4v) is 2.13. The lowest BCUT2D eigenvalue weighted by Crippen LogP contribution is -2.31. The Morgan fingerprint density at radius 3 is 2.70 bits per heavy atom. The molecule has 0 atom stereocenters. The molecule has 1 aromatic heterocycles. The van der Waals surface area contributed by atoms with Crippen LogP contribution in [0.2, 0.25) is 0 Å². The van der Waals surface area contributed by atoms with Gasteiger partial charge in [-0.25, -0.2) is 4.39 Å². The first-order chi connectivity index (χ1) is 9.60. The fraction of sp³-hybridized carbons (Fsp3) is 0.250. The summed E-state index contributed by atoms with van der Waals surface area (Å²) in [7, 11) is 1.59. The van der Waals surface area contributed by atoms with E-state index in [-0.39, 0.29) is 24.2 Å². The van der Waals surface area contributed by atoms with Gasteiger partial charge < -0.3 is 9.64 Å². The lowest BCUT2D eigenvalue weighted by atomic mass is 10.3. The number of carbonyl (C=O) groups excluding carboxylic acids is 1. The maximum atomic E-state index is 12.8. The van der Waals surface area contributed by atoms with Crippen LogP contribution < -0.4 is 9.64 Å². The summed E-state index contributed by atoms with van der Waals surface area (Å²) < 4.78 is 18.0. The third-order valence-electron chi connectivity index (χ3n) is 2.47. The Labute approximate surface area is 124 Å². The van der Waals surface area contributed by atoms with Crippen LogP contribution in [-0.2, 0) is 10.7 Å². The van der Waals surface area contributed by atoms with E-state index in [4.69, 9.17) is 16.3 Å². The van der Waals surface area contributed by atoms with Crippen molar-refractivity contribution in [3.05, 3.63) is 35.1 Å². The largest absolute Gasteiger partial charge is 0.459 e. The molecule has 5 nitrogen and oxygen atoms in total. The quantitative estimate of drug-likeness (QED) is 0.795. The molecule has 8 heteroatoms. The molecule has 0 fully saturated rings. The van der Waals surface area contributed by atoms with Gasteiger partial charge in [0.15, 0.2) is 6.61 Å². The highest BCUT2D eigenvalue weighted by atomic mass is 35.5. The molecule has 20 heavy (non-hydrogen) atoms. The molecule has 0 unspecified atom stereocenters. The Morgan fingerprint density at radius 2 is 2.10 bits per heavy atom. The lowest BCUT2D eigenvalue weighted by molar-refractivity contribution is -0.120. The Bertz CT molecular complexity index is 591. The van der Waals surface area contributed by atoms with Gasteiger partial charge in [0, 0.05) is 12.7 Å². The summed E-state index contributed by atoms with van der Waals surface area (Å²) >= 11 is 6.78. The van der Waals surface area contributed by atoms with Crippen LogP contribution in [0, 0.1) is 5.82 Å². The number of rotatable bonds is 5. The van der Waals surface area contributed by atoms with Crippen molar-refractivity contribution in [2.24, 2.45) is 0 Å². The van der Waals surface area contributed by atoms with Crippen LogP contribution in [0.5, 0.6) is 5.19 Å². The van der Waals surface area contributed by atoms with E-state index in [9.17, 15) is 9.18 Å². The standard InChI is InChI=1S/C12H11ClFN3O2S/c1-17(9-4-2-8(14)3-5-9)11(18)7-19-12-16-15-10(6-13)20-12/h2-5H,6-7H2,1H3. The number of benzene rings is 1. The number of alkyl halides is 1. The summed E-state index contributed by atoms with van der Waals surface area (Å²) in [5.74, 6) is -0.377. The molecule has 0 saturated heterocycles. The Kier molecular flexibility index (Phi) is 4.86. The third kappa shape index (κ3) is 3.64. The van der Waals surface area contributed by atoms with Crippen molar-refractivity contribution >= 4 is 34.5 Å². The molecule has 106 valence electrons. The zero-order valence-electron chi connectivity index (χ0n) is 10.5. The van der Waals surface area contributed by atoms with E-state index >= 15 is 0 Å². The molecule has 0 spiro atoms. The topological polar surface area (TPSA) is 55.3 Å². The number of hydrogen-bond donors (Lipinski definition) is 0. The van der Waals surface area contributed by atoms with E-state index in [1.165, 1.54) is 40.5 Å². The molecular formula is C12H11ClFN3O2S. The van der Waals surface area contributed by atoms with Gasteiger partial charge in [-0.2, -0.15) is 0 Å². The average Bonchev–Trinajstić information content (AvgIpc) is 2.93. The molecule has 1 aromatic carbocycles. The molecule has 0 saturated carbocycles. The normalized spacial score (nSPS) is 10.3. The van der Waals surface area contributed by atoms with Crippen LogP contribution in [0.3, 0.4) is 0 Å². The van der Waals surface area contributed by atoms with Crippen LogP contribution in [0.4, 0.5) is 10.1 Å². The van der Waals surface area contributed by atoms with E-state index in [2.05, 4.69) is 10.2 Å². The number of nitrogens with zero attached hydrogens (tertiary/aromatic N) is 3. The van der Waals surface area contributed by atoms with Gasteiger partial charge >= 0.3 is 0 Å². The molecule has 0 bridgehead atoms. The smallest absolute Gasteiger partial charge is 0.294 e. The molecule has 0 N–H and O–H groups in total. The van der Waals surface area contributed by atoms with E-state index in [0.717, 1.165) is 0 Å². The van der Waals surface area contributed by atoms with Crippen molar-refractivity contribution in [1.82, 2.24) is 10.2 Å². The number of ether oxygens (including phenoxy) is 1. The SMILES string of the molecule is CN(C(=O)COc1nnc(CCl)s1)c1ccc(F)cc1. The van der Waals surface area contributed by atoms with Crippen molar-refractivity contribution in [1.29, 1.82) is 0 Å². The highest BCUT2D eigenvalue weighted by molar-refractivity contribution is 7.13. The molecule has 2 rings (SSSR count). The van der Waals surface area contributed by atoms with Crippen LogP contribution >= 0.6 is 22.9 Å². The molecule has 0 aliphatic rings. The average molecular weight is 316 g/mol. The molecule has 1 amide bonds. The van der Waals surface area contributed by atoms with Gasteiger partial charge in [0.1, 0.15) is 10.8 Å². The minimum absolute atomic E-state index is 0.176. The monoisotopic (exact) mass is 315 g/mol. The van der Waals surface area contributed by atoms with Crippen LogP contribution in [0.1, 0.15) is 5.01 Å². The van der Waals surface area contributed by atoms with Crippen LogP contribution in [0.25, 0.3) is 0 Å². The van der Waals surface area contributed by atoms with Gasteiger partial charge in [0.05, 0.1) is 5.88 Å². The maximum absolute atomic E-state index is 12.8. The number of anilines is 1. The summed E-state index contributed by atoms with van der Waals surface area (Å²) in [6, 6.07) is 5.61. The number of halogens is 2. The van der Waals surface area contributed by atoms with E-state index in [1.54, 1.807) is 7.05 Å². The van der Waals surface area contributed by atoms with Gasteiger partial charge in [-0.05, 0) is 24.3 Å². The maximum Gasteiger partial charge on any atom is 0.294 e. The predicted octanol–water partition coefficient (Wildman–Crippen LogP) is 2.46. The second-order valence-electron chi connectivity index (χ2n) is 3.81. The van der Waals surface area contributed by atoms with E-state index < -0.39 is 0 Å². The fourth-order valence-electron chi connectivity index (χ4n) is 1.38. The van der Waals surface area contributed by atoms with Crippen molar-refractivity contribution in [3.8, 4) is 5.19 Å². The molecular weight excluding hydrogens is 305 g/mol. The van der Waals surface area contributed by atoms with E-state index in [0.29, 0.717) is 15.9 Å². The summed E-state index contributed by atoms with van der Waals surface area (Å²) in [5, 5.41) is 8.43. The zero-order chi connectivity index (χ0) is 14.5. The minimum atomic E-state index is -0.353. The summed E-state index contributed by atoms with van der Waals surface area (Å²) in [5.41, 5.74) is 0.582.